The summed E-state index contributed by atoms with van der Waals surface area (Å²) < 4.78 is 8.54. The van der Waals surface area contributed by atoms with Crippen LogP contribution in [0, 0.1) is 3.95 Å². The van der Waals surface area contributed by atoms with Gasteiger partial charge in [-0.2, -0.15) is 0 Å². The number of benzene rings is 1. The summed E-state index contributed by atoms with van der Waals surface area (Å²) in [4.78, 5) is 19.7. The number of nitrogens with one attached hydrogen (secondary N) is 1. The van der Waals surface area contributed by atoms with E-state index in [2.05, 4.69) is 16.5 Å². The lowest BCUT2D eigenvalue weighted by Gasteiger charge is -2.06. The molecule has 7 heteroatoms. The number of hydrogen-bond donors (Lipinski definition) is 1. The smallest absolute Gasteiger partial charge is 0.270 e. The monoisotopic (exact) mass is 345 g/mol. The van der Waals surface area contributed by atoms with Crippen LogP contribution in [0.4, 0.5) is 0 Å². The molecule has 0 spiro atoms. The minimum absolute atomic E-state index is 0.166. The van der Waals surface area contributed by atoms with Gasteiger partial charge in [0, 0.05) is 12.1 Å². The summed E-state index contributed by atoms with van der Waals surface area (Å²) in [7, 11) is 0. The van der Waals surface area contributed by atoms with Gasteiger partial charge < -0.3 is 14.3 Å². The summed E-state index contributed by atoms with van der Waals surface area (Å²) in [6.45, 7) is 6.73. The van der Waals surface area contributed by atoms with Crippen LogP contribution >= 0.6 is 23.6 Å². The predicted molar refractivity (Wildman–Crippen MR) is 95.9 cm³/mol. The molecule has 0 radical (unpaired) electrons. The zero-order valence-corrected chi connectivity index (χ0v) is 14.2. The number of aryl methyl sites for hydroxylation is 1. The number of aromatic nitrogens is 3. The molecule has 0 unspecified atom stereocenters. The Morgan fingerprint density at radius 3 is 2.83 bits per heavy atom. The molecule has 0 aliphatic carbocycles. The Kier molecular flexibility index (Phi) is 4.40. The van der Waals surface area contributed by atoms with Crippen molar-refractivity contribution < 1.29 is 4.74 Å². The van der Waals surface area contributed by atoms with Gasteiger partial charge in [-0.15, -0.1) is 0 Å². The number of aromatic amines is 1. The third kappa shape index (κ3) is 2.97. The number of thiazole rings is 1. The highest BCUT2D eigenvalue weighted by molar-refractivity contribution is 7.73. The van der Waals surface area contributed by atoms with Crippen LogP contribution in [0.25, 0.3) is 21.7 Å². The van der Waals surface area contributed by atoms with Crippen LogP contribution in [0.15, 0.2) is 41.7 Å². The molecular weight excluding hydrogens is 330 g/mol. The lowest BCUT2D eigenvalue weighted by atomic mass is 10.2. The highest BCUT2D eigenvalue weighted by Crippen LogP contribution is 2.23. The van der Waals surface area contributed by atoms with Crippen molar-refractivity contribution in [3.8, 4) is 17.1 Å². The number of nitrogens with zero attached hydrogens (tertiary/aromatic N) is 2. The molecule has 0 fully saturated rings. The first-order chi connectivity index (χ1) is 11.1. The summed E-state index contributed by atoms with van der Waals surface area (Å²) in [6, 6.07) is 7.39. The van der Waals surface area contributed by atoms with Gasteiger partial charge in [0.1, 0.15) is 22.9 Å². The van der Waals surface area contributed by atoms with E-state index in [0.717, 1.165) is 11.3 Å². The fourth-order valence-electron chi connectivity index (χ4n) is 2.23. The van der Waals surface area contributed by atoms with Crippen LogP contribution in [0.5, 0.6) is 5.75 Å². The molecule has 0 atom stereocenters. The van der Waals surface area contributed by atoms with Gasteiger partial charge in [0.25, 0.3) is 5.56 Å². The van der Waals surface area contributed by atoms with E-state index in [1.807, 2.05) is 35.8 Å². The first-order valence-corrected chi connectivity index (χ1v) is 8.34. The zero-order chi connectivity index (χ0) is 16.4. The van der Waals surface area contributed by atoms with E-state index in [1.54, 1.807) is 6.08 Å². The fourth-order valence-corrected chi connectivity index (χ4v) is 3.59. The Morgan fingerprint density at radius 2 is 2.17 bits per heavy atom. The molecular formula is C16H15N3O2S2. The topological polar surface area (TPSA) is 59.9 Å². The van der Waals surface area contributed by atoms with E-state index in [4.69, 9.17) is 17.0 Å². The van der Waals surface area contributed by atoms with Gasteiger partial charge in [0.05, 0.1) is 0 Å². The van der Waals surface area contributed by atoms with Crippen molar-refractivity contribution in [3.05, 3.63) is 51.2 Å². The maximum absolute atomic E-state index is 12.3. The molecule has 5 nitrogen and oxygen atoms in total. The lowest BCUT2D eigenvalue weighted by Crippen LogP contribution is -2.09. The van der Waals surface area contributed by atoms with Crippen LogP contribution in [0.2, 0.25) is 0 Å². The minimum atomic E-state index is -0.166. The average molecular weight is 345 g/mol. The molecule has 23 heavy (non-hydrogen) atoms. The molecule has 3 aromatic rings. The van der Waals surface area contributed by atoms with Crippen LogP contribution in [-0.4, -0.2) is 21.1 Å². The summed E-state index contributed by atoms with van der Waals surface area (Å²) in [5, 5.41) is 0. The average Bonchev–Trinajstić information content (AvgIpc) is 2.89. The second-order valence-electron chi connectivity index (χ2n) is 4.80. The molecule has 0 bridgehead atoms. The Labute approximate surface area is 141 Å². The quantitative estimate of drug-likeness (QED) is 0.565. The maximum atomic E-state index is 12.3. The molecule has 0 aliphatic rings. The lowest BCUT2D eigenvalue weighted by molar-refractivity contribution is 0.363. The number of hydrogen-bond acceptors (Lipinski definition) is 5. The van der Waals surface area contributed by atoms with Crippen molar-refractivity contribution in [1.29, 1.82) is 0 Å². The van der Waals surface area contributed by atoms with Crippen LogP contribution in [0.3, 0.4) is 0 Å². The molecule has 118 valence electrons. The summed E-state index contributed by atoms with van der Waals surface area (Å²) in [5.41, 5.74) is 1.28. The van der Waals surface area contributed by atoms with Crippen molar-refractivity contribution in [1.82, 2.24) is 14.5 Å². The molecule has 2 heterocycles. The van der Waals surface area contributed by atoms with Crippen molar-refractivity contribution in [2.24, 2.45) is 0 Å². The van der Waals surface area contributed by atoms with Crippen LogP contribution < -0.4 is 10.3 Å². The molecule has 0 saturated heterocycles. The van der Waals surface area contributed by atoms with Crippen molar-refractivity contribution in [3.63, 3.8) is 0 Å². The summed E-state index contributed by atoms with van der Waals surface area (Å²) in [6.07, 6.45) is 1.69. The zero-order valence-electron chi connectivity index (χ0n) is 12.5. The third-order valence-corrected chi connectivity index (χ3v) is 4.77. The van der Waals surface area contributed by atoms with Crippen molar-refractivity contribution in [2.75, 3.05) is 6.61 Å². The normalized spacial score (nSPS) is 10.8. The molecule has 0 amide bonds. The standard InChI is InChI=1S/C16H15N3O2S2/c1-3-9-21-11-7-5-10(6-8-11)13-17-14-12(15(20)18-13)23-16(22)19(14)4-2/h3,5-8H,1,4,9H2,2H3,(H,17,18,20). The maximum Gasteiger partial charge on any atom is 0.270 e. The minimum Gasteiger partial charge on any atom is -0.490 e. The van der Waals surface area contributed by atoms with E-state index in [1.165, 1.54) is 11.3 Å². The van der Waals surface area contributed by atoms with Gasteiger partial charge in [-0.1, -0.05) is 24.0 Å². The van der Waals surface area contributed by atoms with Crippen molar-refractivity contribution in [2.45, 2.75) is 13.5 Å². The Bertz CT molecular complexity index is 968. The Balaban J connectivity index is 2.07. The predicted octanol–water partition coefficient (Wildman–Crippen LogP) is 3.77. The molecule has 3 rings (SSSR count). The first-order valence-electron chi connectivity index (χ1n) is 7.11. The number of H-pyrrole nitrogens is 1. The number of ether oxygens (including phenoxy) is 1. The van der Waals surface area contributed by atoms with Gasteiger partial charge in [0.2, 0.25) is 0 Å². The highest BCUT2D eigenvalue weighted by Gasteiger charge is 2.12. The van der Waals surface area contributed by atoms with Gasteiger partial charge in [0.15, 0.2) is 9.60 Å². The van der Waals surface area contributed by atoms with E-state index in [0.29, 0.717) is 33.3 Å². The van der Waals surface area contributed by atoms with Crippen LogP contribution in [-0.2, 0) is 6.54 Å². The van der Waals surface area contributed by atoms with E-state index in [-0.39, 0.29) is 5.56 Å². The van der Waals surface area contributed by atoms with Gasteiger partial charge >= 0.3 is 0 Å². The second kappa shape index (κ2) is 6.47. The SMILES string of the molecule is C=CCOc1ccc(-c2nc3c(sc(=S)n3CC)c(=O)[nH]2)cc1. The summed E-state index contributed by atoms with van der Waals surface area (Å²) in [5.74, 6) is 1.26. The number of rotatable bonds is 5. The molecule has 1 aromatic carbocycles. The fraction of sp³-hybridized carbons (Fsp3) is 0.188. The Hall–Kier alpha value is -2.25. The summed E-state index contributed by atoms with van der Waals surface area (Å²) >= 11 is 6.58. The van der Waals surface area contributed by atoms with Gasteiger partial charge in [-0.3, -0.25) is 4.79 Å². The molecule has 1 N–H and O–H groups in total. The first kappa shape index (κ1) is 15.6. The van der Waals surface area contributed by atoms with E-state index in [9.17, 15) is 4.79 Å². The molecule has 0 aliphatic heterocycles. The van der Waals surface area contributed by atoms with Gasteiger partial charge in [-0.25, -0.2) is 4.98 Å². The largest absolute Gasteiger partial charge is 0.490 e. The Morgan fingerprint density at radius 1 is 1.43 bits per heavy atom. The second-order valence-corrected chi connectivity index (χ2v) is 6.45. The van der Waals surface area contributed by atoms with Gasteiger partial charge in [-0.05, 0) is 43.4 Å². The van der Waals surface area contributed by atoms with E-state index < -0.39 is 0 Å². The number of fused-ring (bicyclic) bond motifs is 1. The molecule has 0 saturated carbocycles. The molecule has 2 aromatic heterocycles. The highest BCUT2D eigenvalue weighted by atomic mass is 32.1. The third-order valence-electron chi connectivity index (χ3n) is 3.34. The van der Waals surface area contributed by atoms with Crippen LogP contribution in [0.1, 0.15) is 6.92 Å². The van der Waals surface area contributed by atoms with E-state index >= 15 is 0 Å². The van der Waals surface area contributed by atoms with Crippen molar-refractivity contribution >= 4 is 33.9 Å².